The molecule has 1 heterocycles. The summed E-state index contributed by atoms with van der Waals surface area (Å²) in [4.78, 5) is 0. The van der Waals surface area contributed by atoms with E-state index in [-0.39, 0.29) is 5.60 Å². The Morgan fingerprint density at radius 2 is 2.00 bits per heavy atom. The molecule has 2 N–H and O–H groups in total. The lowest BCUT2D eigenvalue weighted by Gasteiger charge is -2.39. The second-order valence-corrected chi connectivity index (χ2v) is 5.33. The summed E-state index contributed by atoms with van der Waals surface area (Å²) in [6, 6.07) is 0. The Morgan fingerprint density at radius 3 is 2.47 bits per heavy atom. The zero-order valence-electron chi connectivity index (χ0n) is 10.6. The molecular weight excluding hydrogens is 188 g/mol. The Bertz CT molecular complexity index is 178. The molecule has 0 aliphatic carbocycles. The molecule has 1 unspecified atom stereocenters. The van der Waals surface area contributed by atoms with Gasteiger partial charge in [0.1, 0.15) is 0 Å². The summed E-state index contributed by atoms with van der Waals surface area (Å²) in [5.74, 6) is 1.50. The first-order chi connectivity index (χ1) is 7.03. The predicted molar refractivity (Wildman–Crippen MR) is 64.1 cm³/mol. The minimum atomic E-state index is 0.103. The van der Waals surface area contributed by atoms with Crippen molar-refractivity contribution in [1.82, 2.24) is 10.6 Å². The van der Waals surface area contributed by atoms with E-state index in [2.05, 4.69) is 38.3 Å². The summed E-state index contributed by atoms with van der Waals surface area (Å²) in [6.45, 7) is 13.9. The third-order valence-corrected chi connectivity index (χ3v) is 3.33. The van der Waals surface area contributed by atoms with Crippen LogP contribution in [-0.2, 0) is 4.74 Å². The van der Waals surface area contributed by atoms with Gasteiger partial charge in [-0.1, -0.05) is 20.8 Å². The van der Waals surface area contributed by atoms with Gasteiger partial charge in [0.15, 0.2) is 0 Å². The molecule has 1 aliphatic rings. The first kappa shape index (κ1) is 12.9. The van der Waals surface area contributed by atoms with Crippen LogP contribution in [0, 0.1) is 11.8 Å². The van der Waals surface area contributed by atoms with Gasteiger partial charge in [0.2, 0.25) is 0 Å². The van der Waals surface area contributed by atoms with E-state index in [1.54, 1.807) is 0 Å². The van der Waals surface area contributed by atoms with E-state index < -0.39 is 0 Å². The fourth-order valence-corrected chi connectivity index (χ4v) is 1.51. The molecule has 1 saturated heterocycles. The average molecular weight is 214 g/mol. The number of hydrogen-bond donors (Lipinski definition) is 2. The minimum Gasteiger partial charge on any atom is -0.371 e. The van der Waals surface area contributed by atoms with Gasteiger partial charge >= 0.3 is 0 Å². The lowest BCUT2D eigenvalue weighted by atomic mass is 9.98. The Hall–Kier alpha value is -0.120. The molecule has 0 aromatic heterocycles. The predicted octanol–water partition coefficient (Wildman–Crippen LogP) is 1.25. The summed E-state index contributed by atoms with van der Waals surface area (Å²) in [7, 11) is 0. The van der Waals surface area contributed by atoms with Crippen molar-refractivity contribution in [2.75, 3.05) is 32.8 Å². The van der Waals surface area contributed by atoms with Crippen molar-refractivity contribution in [3.05, 3.63) is 0 Å². The molecule has 0 aromatic carbocycles. The van der Waals surface area contributed by atoms with Crippen molar-refractivity contribution in [3.63, 3.8) is 0 Å². The molecule has 15 heavy (non-hydrogen) atoms. The lowest BCUT2D eigenvalue weighted by Crippen LogP contribution is -2.59. The third kappa shape index (κ3) is 4.49. The molecule has 1 aliphatic heterocycles. The van der Waals surface area contributed by atoms with Crippen LogP contribution in [0.5, 0.6) is 0 Å². The van der Waals surface area contributed by atoms with Crippen LogP contribution in [0.1, 0.15) is 27.7 Å². The highest BCUT2D eigenvalue weighted by atomic mass is 16.5. The monoisotopic (exact) mass is 214 g/mol. The van der Waals surface area contributed by atoms with E-state index in [0.717, 1.165) is 44.6 Å². The summed E-state index contributed by atoms with van der Waals surface area (Å²) in [5.41, 5.74) is 0.103. The lowest BCUT2D eigenvalue weighted by molar-refractivity contribution is -0.0649. The van der Waals surface area contributed by atoms with Crippen molar-refractivity contribution in [2.45, 2.75) is 33.3 Å². The molecule has 0 amide bonds. The molecule has 0 saturated carbocycles. The number of hydrogen-bond acceptors (Lipinski definition) is 3. The van der Waals surface area contributed by atoms with E-state index in [1.807, 2.05) is 0 Å². The second-order valence-electron chi connectivity index (χ2n) is 5.33. The van der Waals surface area contributed by atoms with Gasteiger partial charge in [-0.05, 0) is 25.3 Å². The Balaban J connectivity index is 1.93. The summed E-state index contributed by atoms with van der Waals surface area (Å²) < 4.78 is 5.78. The van der Waals surface area contributed by atoms with Crippen molar-refractivity contribution in [3.8, 4) is 0 Å². The number of rotatable bonds is 7. The van der Waals surface area contributed by atoms with Crippen LogP contribution in [0.3, 0.4) is 0 Å². The van der Waals surface area contributed by atoms with Crippen LogP contribution in [0.4, 0.5) is 0 Å². The van der Waals surface area contributed by atoms with Gasteiger partial charge in [-0.3, -0.25) is 0 Å². The SMILES string of the molecule is CC(C)C(C)CNCCOC1(C)CNC1. The zero-order chi connectivity index (χ0) is 11.3. The quantitative estimate of drug-likeness (QED) is 0.626. The van der Waals surface area contributed by atoms with E-state index in [1.165, 1.54) is 0 Å². The van der Waals surface area contributed by atoms with Crippen LogP contribution >= 0.6 is 0 Å². The van der Waals surface area contributed by atoms with Crippen LogP contribution in [0.2, 0.25) is 0 Å². The highest BCUT2D eigenvalue weighted by Gasteiger charge is 2.31. The molecule has 1 rings (SSSR count). The van der Waals surface area contributed by atoms with Gasteiger partial charge in [-0.15, -0.1) is 0 Å². The van der Waals surface area contributed by atoms with Crippen molar-refractivity contribution >= 4 is 0 Å². The van der Waals surface area contributed by atoms with Crippen molar-refractivity contribution < 1.29 is 4.74 Å². The molecule has 3 heteroatoms. The van der Waals surface area contributed by atoms with Gasteiger partial charge in [0, 0.05) is 19.6 Å². The molecule has 0 bridgehead atoms. The van der Waals surface area contributed by atoms with Gasteiger partial charge in [0.05, 0.1) is 12.2 Å². The Kier molecular flexibility index (Phi) is 5.03. The normalized spacial score (nSPS) is 21.4. The van der Waals surface area contributed by atoms with Crippen molar-refractivity contribution in [2.24, 2.45) is 11.8 Å². The van der Waals surface area contributed by atoms with Gasteiger partial charge < -0.3 is 15.4 Å². The maximum atomic E-state index is 5.78. The molecule has 1 atom stereocenters. The molecule has 90 valence electrons. The highest BCUT2D eigenvalue weighted by molar-refractivity contribution is 4.90. The Labute approximate surface area is 94.0 Å². The van der Waals surface area contributed by atoms with E-state index in [0.29, 0.717) is 0 Å². The smallest absolute Gasteiger partial charge is 0.0902 e. The standard InChI is InChI=1S/C12H26N2O/c1-10(2)11(3)7-13-5-6-15-12(4)8-14-9-12/h10-11,13-14H,5-9H2,1-4H3. The fraction of sp³-hybridized carbons (Fsp3) is 1.00. The third-order valence-electron chi connectivity index (χ3n) is 3.33. The molecule has 0 aromatic rings. The molecule has 0 spiro atoms. The fourth-order valence-electron chi connectivity index (χ4n) is 1.51. The van der Waals surface area contributed by atoms with Crippen molar-refractivity contribution in [1.29, 1.82) is 0 Å². The van der Waals surface area contributed by atoms with Gasteiger partial charge in [0.25, 0.3) is 0 Å². The summed E-state index contributed by atoms with van der Waals surface area (Å²) in [6.07, 6.45) is 0. The van der Waals surface area contributed by atoms with Crippen LogP contribution < -0.4 is 10.6 Å². The number of nitrogens with one attached hydrogen (secondary N) is 2. The first-order valence-electron chi connectivity index (χ1n) is 6.09. The van der Waals surface area contributed by atoms with Crippen LogP contribution in [-0.4, -0.2) is 38.4 Å². The zero-order valence-corrected chi connectivity index (χ0v) is 10.6. The molecule has 1 fully saturated rings. The second kappa shape index (κ2) is 5.83. The van der Waals surface area contributed by atoms with Crippen LogP contribution in [0.25, 0.3) is 0 Å². The maximum Gasteiger partial charge on any atom is 0.0902 e. The molecule has 3 nitrogen and oxygen atoms in total. The van der Waals surface area contributed by atoms with Gasteiger partial charge in [-0.25, -0.2) is 0 Å². The van der Waals surface area contributed by atoms with Gasteiger partial charge in [-0.2, -0.15) is 0 Å². The Morgan fingerprint density at radius 1 is 1.33 bits per heavy atom. The average Bonchev–Trinajstić information content (AvgIpc) is 2.14. The van der Waals surface area contributed by atoms with E-state index in [9.17, 15) is 0 Å². The topological polar surface area (TPSA) is 33.3 Å². The van der Waals surface area contributed by atoms with Crippen LogP contribution in [0.15, 0.2) is 0 Å². The number of ether oxygens (including phenoxy) is 1. The molecule has 0 radical (unpaired) electrons. The minimum absolute atomic E-state index is 0.103. The maximum absolute atomic E-state index is 5.78. The summed E-state index contributed by atoms with van der Waals surface area (Å²) >= 11 is 0. The largest absolute Gasteiger partial charge is 0.371 e. The highest BCUT2D eigenvalue weighted by Crippen LogP contribution is 2.14. The molecular formula is C12H26N2O. The first-order valence-corrected chi connectivity index (χ1v) is 6.09. The van der Waals surface area contributed by atoms with E-state index in [4.69, 9.17) is 4.74 Å². The summed E-state index contributed by atoms with van der Waals surface area (Å²) in [5, 5.41) is 6.67. The van der Waals surface area contributed by atoms with E-state index >= 15 is 0 Å².